The van der Waals surface area contributed by atoms with E-state index < -0.39 is 0 Å². The highest BCUT2D eigenvalue weighted by atomic mass is 35.5. The minimum absolute atomic E-state index is 0.203. The van der Waals surface area contributed by atoms with Crippen LogP contribution in [0.2, 0.25) is 5.28 Å². The molecule has 0 atom stereocenters. The number of nitrogens with zero attached hydrogens (tertiary/aromatic N) is 6. The van der Waals surface area contributed by atoms with E-state index in [1.54, 1.807) is 46.5 Å². The van der Waals surface area contributed by atoms with Crippen molar-refractivity contribution in [1.29, 1.82) is 0 Å². The van der Waals surface area contributed by atoms with E-state index in [0.717, 1.165) is 11.4 Å². The number of allylic oxidation sites excluding steroid dienone is 2. The first-order valence-corrected chi connectivity index (χ1v) is 9.77. The first-order valence-electron chi connectivity index (χ1n) is 9.39. The lowest BCUT2D eigenvalue weighted by Gasteiger charge is -2.08. The van der Waals surface area contributed by atoms with Gasteiger partial charge in [0.1, 0.15) is 0 Å². The van der Waals surface area contributed by atoms with Gasteiger partial charge in [-0.15, -0.1) is 0 Å². The SMILES string of the molecule is CN=C(C)C(=CN)Nc1nccc(OC)n1.CN=C(C)C(N)=CN.COc1ccnc(Cl)n1. The van der Waals surface area contributed by atoms with Gasteiger partial charge in [-0.1, -0.05) is 0 Å². The van der Waals surface area contributed by atoms with E-state index in [1.807, 2.05) is 6.92 Å². The molecule has 0 saturated heterocycles. The Balaban J connectivity index is 0.000000511. The summed E-state index contributed by atoms with van der Waals surface area (Å²) in [5, 5.41) is 3.16. The van der Waals surface area contributed by atoms with E-state index in [1.165, 1.54) is 25.7 Å². The van der Waals surface area contributed by atoms with E-state index in [-0.39, 0.29) is 5.28 Å². The van der Waals surface area contributed by atoms with Gasteiger partial charge in [0.15, 0.2) is 0 Å². The average Bonchev–Trinajstić information content (AvgIpc) is 2.86. The highest BCUT2D eigenvalue weighted by Crippen LogP contribution is 2.09. The second-order valence-electron chi connectivity index (χ2n) is 5.74. The largest absolute Gasteiger partial charge is 0.481 e. The average molecular weight is 479 g/mol. The van der Waals surface area contributed by atoms with Crippen LogP contribution >= 0.6 is 11.6 Å². The Morgan fingerprint density at radius 2 is 1.48 bits per heavy atom. The maximum atomic E-state index is 5.48. The number of ether oxygens (including phenoxy) is 2. The lowest BCUT2D eigenvalue weighted by Crippen LogP contribution is -2.12. The van der Waals surface area contributed by atoms with Crippen molar-refractivity contribution in [3.63, 3.8) is 0 Å². The van der Waals surface area contributed by atoms with Crippen molar-refractivity contribution >= 4 is 29.0 Å². The number of hydrogen-bond donors (Lipinski definition) is 4. The maximum Gasteiger partial charge on any atom is 0.230 e. The quantitative estimate of drug-likeness (QED) is 0.352. The molecule has 12 nitrogen and oxygen atoms in total. The molecule has 0 spiro atoms. The Morgan fingerprint density at radius 1 is 0.939 bits per heavy atom. The zero-order chi connectivity index (χ0) is 25.2. The summed E-state index contributed by atoms with van der Waals surface area (Å²) in [5.41, 5.74) is 18.6. The molecule has 2 heterocycles. The number of nitrogens with two attached hydrogens (primary N) is 3. The molecule has 0 aliphatic heterocycles. The number of rotatable bonds is 6. The van der Waals surface area contributed by atoms with Gasteiger partial charge in [0.25, 0.3) is 0 Å². The Morgan fingerprint density at radius 3 is 1.88 bits per heavy atom. The molecule has 13 heteroatoms. The van der Waals surface area contributed by atoms with Crippen LogP contribution in [0.3, 0.4) is 0 Å². The Kier molecular flexibility index (Phi) is 14.7. The number of nitrogens with one attached hydrogen (secondary N) is 1. The molecule has 0 unspecified atom stereocenters. The van der Waals surface area contributed by atoms with Crippen molar-refractivity contribution in [2.75, 3.05) is 33.6 Å². The smallest absolute Gasteiger partial charge is 0.230 e. The Bertz CT molecular complexity index is 961. The van der Waals surface area contributed by atoms with E-state index in [0.29, 0.717) is 29.1 Å². The molecule has 2 aromatic heterocycles. The Hall–Kier alpha value is -3.93. The van der Waals surface area contributed by atoms with Crippen LogP contribution in [0.4, 0.5) is 5.95 Å². The molecule has 0 aliphatic carbocycles. The van der Waals surface area contributed by atoms with Crippen molar-refractivity contribution in [2.45, 2.75) is 13.8 Å². The van der Waals surface area contributed by atoms with Crippen LogP contribution in [-0.4, -0.2) is 59.7 Å². The summed E-state index contributed by atoms with van der Waals surface area (Å²) in [6.07, 6.45) is 5.89. The van der Waals surface area contributed by atoms with Gasteiger partial charge in [-0.25, -0.2) is 9.97 Å². The predicted molar refractivity (Wildman–Crippen MR) is 133 cm³/mol. The number of hydrogen-bond acceptors (Lipinski definition) is 12. The molecule has 0 fully saturated rings. The minimum Gasteiger partial charge on any atom is -0.481 e. The number of aliphatic imine (C=N–C) groups is 2. The highest BCUT2D eigenvalue weighted by Gasteiger charge is 2.04. The molecule has 180 valence electrons. The normalized spacial score (nSPS) is 12.0. The third kappa shape index (κ3) is 11.9. The van der Waals surface area contributed by atoms with Crippen LogP contribution in [0.1, 0.15) is 13.8 Å². The molecule has 0 saturated carbocycles. The maximum absolute atomic E-state index is 5.48. The fourth-order valence-corrected chi connectivity index (χ4v) is 1.83. The predicted octanol–water partition coefficient (Wildman–Crippen LogP) is 1.76. The van der Waals surface area contributed by atoms with Gasteiger partial charge in [0.05, 0.1) is 37.0 Å². The molecule has 7 N–H and O–H groups in total. The topological polar surface area (TPSA) is 185 Å². The van der Waals surface area contributed by atoms with E-state index in [2.05, 4.69) is 35.2 Å². The van der Waals surface area contributed by atoms with Crippen molar-refractivity contribution in [2.24, 2.45) is 27.2 Å². The second-order valence-corrected chi connectivity index (χ2v) is 6.07. The fraction of sp³-hybridized carbons (Fsp3) is 0.300. The molecule has 2 aromatic rings. The number of methoxy groups -OCH3 is 2. The molecule has 0 amide bonds. The van der Waals surface area contributed by atoms with Crippen LogP contribution in [0.25, 0.3) is 0 Å². The standard InChI is InChI=1S/C10H15N5O.C5H5ClN2O.C5H11N3/c1-7(12-2)8(6-11)14-10-13-5-4-9(15-10)16-3;1-9-4-2-3-7-5(6)8-4;1-4(8-2)5(7)3-6/h4-6H,11H2,1-3H3,(H,13,14,15);2-3H,1H3;3H,6-7H2,1-2H3. The van der Waals surface area contributed by atoms with Gasteiger partial charge in [-0.3, -0.25) is 9.98 Å². The van der Waals surface area contributed by atoms with Gasteiger partial charge < -0.3 is 32.0 Å². The van der Waals surface area contributed by atoms with Crippen molar-refractivity contribution in [1.82, 2.24) is 19.9 Å². The van der Waals surface area contributed by atoms with Crippen molar-refractivity contribution in [3.05, 3.63) is 53.6 Å². The zero-order valence-electron chi connectivity index (χ0n) is 19.6. The monoisotopic (exact) mass is 478 g/mol. The van der Waals surface area contributed by atoms with Gasteiger partial charge in [-0.05, 0) is 25.4 Å². The molecule has 0 radical (unpaired) electrons. The fourth-order valence-electron chi connectivity index (χ4n) is 1.69. The van der Waals surface area contributed by atoms with Crippen LogP contribution in [0.15, 0.2) is 58.3 Å². The lowest BCUT2D eigenvalue weighted by atomic mass is 10.3. The lowest BCUT2D eigenvalue weighted by molar-refractivity contribution is 0.397. The molecule has 0 aromatic carbocycles. The number of anilines is 1. The van der Waals surface area contributed by atoms with Crippen LogP contribution in [-0.2, 0) is 0 Å². The summed E-state index contributed by atoms with van der Waals surface area (Å²) in [7, 11) is 6.43. The second kappa shape index (κ2) is 16.7. The summed E-state index contributed by atoms with van der Waals surface area (Å²) in [6, 6.07) is 3.30. The van der Waals surface area contributed by atoms with Gasteiger partial charge in [0.2, 0.25) is 23.0 Å². The number of halogens is 1. The number of aromatic nitrogens is 4. The summed E-state index contributed by atoms with van der Waals surface area (Å²) in [5.74, 6) is 1.38. The highest BCUT2D eigenvalue weighted by molar-refractivity contribution is 6.28. The van der Waals surface area contributed by atoms with Crippen molar-refractivity contribution in [3.8, 4) is 11.8 Å². The third-order valence-electron chi connectivity index (χ3n) is 3.72. The van der Waals surface area contributed by atoms with E-state index >= 15 is 0 Å². The van der Waals surface area contributed by atoms with Crippen LogP contribution in [0, 0.1) is 0 Å². The Labute approximate surface area is 198 Å². The summed E-state index contributed by atoms with van der Waals surface area (Å²) in [6.45, 7) is 3.64. The first kappa shape index (κ1) is 29.1. The first-order chi connectivity index (χ1) is 15.8. The van der Waals surface area contributed by atoms with Crippen LogP contribution < -0.4 is 32.0 Å². The molecule has 33 heavy (non-hydrogen) atoms. The zero-order valence-corrected chi connectivity index (χ0v) is 20.3. The summed E-state index contributed by atoms with van der Waals surface area (Å²) >= 11 is 5.42. The van der Waals surface area contributed by atoms with E-state index in [4.69, 9.17) is 38.3 Å². The molecular formula is C20H31ClN10O2. The van der Waals surface area contributed by atoms with Gasteiger partial charge >= 0.3 is 0 Å². The molecular weight excluding hydrogens is 448 g/mol. The minimum atomic E-state index is 0.203. The van der Waals surface area contributed by atoms with Gasteiger partial charge in [0, 0.05) is 51.0 Å². The summed E-state index contributed by atoms with van der Waals surface area (Å²) < 4.78 is 9.74. The van der Waals surface area contributed by atoms with Crippen molar-refractivity contribution < 1.29 is 9.47 Å². The third-order valence-corrected chi connectivity index (χ3v) is 3.90. The van der Waals surface area contributed by atoms with Gasteiger partial charge in [-0.2, -0.15) is 9.97 Å². The summed E-state index contributed by atoms with van der Waals surface area (Å²) in [4.78, 5) is 23.3. The van der Waals surface area contributed by atoms with Crippen LogP contribution in [0.5, 0.6) is 11.8 Å². The molecule has 0 bridgehead atoms. The molecule has 0 aliphatic rings. The molecule has 2 rings (SSSR count). The van der Waals surface area contributed by atoms with E-state index in [9.17, 15) is 0 Å².